The molecular weight excluding hydrogens is 393 g/mol. The van der Waals surface area contributed by atoms with E-state index in [1.165, 1.54) is 6.08 Å². The Balaban J connectivity index is 1.73. The summed E-state index contributed by atoms with van der Waals surface area (Å²) in [7, 11) is 0. The number of rotatable bonds is 4. The van der Waals surface area contributed by atoms with E-state index >= 15 is 0 Å². The highest BCUT2D eigenvalue weighted by molar-refractivity contribution is 6.43. The van der Waals surface area contributed by atoms with Crippen LogP contribution in [0, 0.1) is 6.92 Å². The van der Waals surface area contributed by atoms with Crippen LogP contribution in [0.15, 0.2) is 59.0 Å². The predicted molar refractivity (Wildman–Crippen MR) is 108 cm³/mol. The molecule has 3 nitrogen and oxygen atoms in total. The van der Waals surface area contributed by atoms with E-state index in [4.69, 9.17) is 39.2 Å². The molecule has 1 N–H and O–H groups in total. The van der Waals surface area contributed by atoms with Crippen molar-refractivity contribution in [3.63, 3.8) is 0 Å². The third-order valence-corrected chi connectivity index (χ3v) is 5.00. The third-order valence-electron chi connectivity index (χ3n) is 3.77. The van der Waals surface area contributed by atoms with E-state index in [0.29, 0.717) is 37.8 Å². The van der Waals surface area contributed by atoms with Gasteiger partial charge >= 0.3 is 0 Å². The zero-order valence-corrected chi connectivity index (χ0v) is 16.0. The molecule has 26 heavy (non-hydrogen) atoms. The lowest BCUT2D eigenvalue weighted by Gasteiger charge is -2.07. The number of nitrogens with one attached hydrogen (secondary N) is 1. The second-order valence-electron chi connectivity index (χ2n) is 5.54. The van der Waals surface area contributed by atoms with E-state index in [1.54, 1.807) is 48.5 Å². The smallest absolute Gasteiger partial charge is 0.248 e. The highest BCUT2D eigenvalue weighted by atomic mass is 35.5. The van der Waals surface area contributed by atoms with Crippen LogP contribution in [0.5, 0.6) is 0 Å². The largest absolute Gasteiger partial charge is 0.457 e. The van der Waals surface area contributed by atoms with Crippen molar-refractivity contribution < 1.29 is 9.21 Å². The maximum atomic E-state index is 12.1. The average Bonchev–Trinajstić information content (AvgIpc) is 3.08. The summed E-state index contributed by atoms with van der Waals surface area (Å²) in [5, 5.41) is 4.26. The topological polar surface area (TPSA) is 42.2 Å². The Labute approximate surface area is 166 Å². The molecule has 0 atom stereocenters. The van der Waals surface area contributed by atoms with Crippen LogP contribution in [0.1, 0.15) is 11.3 Å². The molecule has 0 fully saturated rings. The van der Waals surface area contributed by atoms with Gasteiger partial charge in [0.25, 0.3) is 0 Å². The van der Waals surface area contributed by atoms with Crippen molar-refractivity contribution in [3.05, 3.63) is 81.0 Å². The molecule has 1 amide bonds. The molecule has 3 aromatic rings. The Kier molecular flexibility index (Phi) is 5.72. The van der Waals surface area contributed by atoms with Crippen LogP contribution in [0.3, 0.4) is 0 Å². The van der Waals surface area contributed by atoms with Gasteiger partial charge in [0.1, 0.15) is 11.5 Å². The summed E-state index contributed by atoms with van der Waals surface area (Å²) in [6.45, 7) is 1.84. The molecule has 2 aromatic carbocycles. The molecule has 0 saturated heterocycles. The number of halogens is 3. The lowest BCUT2D eigenvalue weighted by atomic mass is 10.2. The molecule has 0 spiro atoms. The van der Waals surface area contributed by atoms with E-state index in [-0.39, 0.29) is 5.91 Å². The summed E-state index contributed by atoms with van der Waals surface area (Å²) in [5.74, 6) is 0.811. The fraction of sp³-hybridized carbons (Fsp3) is 0.0500. The normalized spacial score (nSPS) is 11.1. The van der Waals surface area contributed by atoms with Gasteiger partial charge in [0.2, 0.25) is 5.91 Å². The molecule has 0 unspecified atom stereocenters. The zero-order chi connectivity index (χ0) is 18.7. The van der Waals surface area contributed by atoms with E-state index in [1.807, 2.05) is 13.0 Å². The molecule has 0 aliphatic rings. The molecule has 0 radical (unpaired) electrons. The van der Waals surface area contributed by atoms with Crippen molar-refractivity contribution in [2.45, 2.75) is 6.92 Å². The Bertz CT molecular complexity index is 992. The maximum absolute atomic E-state index is 12.1. The summed E-state index contributed by atoms with van der Waals surface area (Å²) in [6, 6.07) is 14.2. The Hall–Kier alpha value is -2.20. The van der Waals surface area contributed by atoms with E-state index in [2.05, 4.69) is 5.32 Å². The van der Waals surface area contributed by atoms with Crippen molar-refractivity contribution in [1.29, 1.82) is 0 Å². The van der Waals surface area contributed by atoms with E-state index in [9.17, 15) is 4.79 Å². The van der Waals surface area contributed by atoms with Crippen LogP contribution in [0.2, 0.25) is 15.1 Å². The van der Waals surface area contributed by atoms with E-state index in [0.717, 1.165) is 5.56 Å². The minimum Gasteiger partial charge on any atom is -0.457 e. The predicted octanol–water partition coefficient (Wildman–Crippen LogP) is 6.87. The first-order valence-corrected chi connectivity index (χ1v) is 8.87. The van der Waals surface area contributed by atoms with Crippen molar-refractivity contribution in [3.8, 4) is 11.3 Å². The lowest BCUT2D eigenvalue weighted by Crippen LogP contribution is -2.08. The fourth-order valence-electron chi connectivity index (χ4n) is 2.36. The highest BCUT2D eigenvalue weighted by Crippen LogP contribution is 2.34. The fourth-order valence-corrected chi connectivity index (χ4v) is 2.92. The number of hydrogen-bond acceptors (Lipinski definition) is 2. The number of anilines is 1. The summed E-state index contributed by atoms with van der Waals surface area (Å²) < 4.78 is 5.72. The van der Waals surface area contributed by atoms with Gasteiger partial charge in [-0.2, -0.15) is 0 Å². The van der Waals surface area contributed by atoms with Crippen LogP contribution < -0.4 is 5.32 Å². The van der Waals surface area contributed by atoms with Crippen LogP contribution in [0.25, 0.3) is 17.4 Å². The first-order chi connectivity index (χ1) is 12.5. The van der Waals surface area contributed by atoms with Gasteiger partial charge < -0.3 is 9.73 Å². The first-order valence-electron chi connectivity index (χ1n) is 7.74. The quantitative estimate of drug-likeness (QED) is 0.480. The van der Waals surface area contributed by atoms with Crippen LogP contribution in [-0.2, 0) is 4.79 Å². The minimum atomic E-state index is -0.283. The van der Waals surface area contributed by atoms with Crippen molar-refractivity contribution in [2.75, 3.05) is 5.32 Å². The Morgan fingerprint density at radius 2 is 1.73 bits per heavy atom. The number of carbonyl (C=O) groups is 1. The number of amides is 1. The first kappa shape index (κ1) is 18.6. The molecule has 0 saturated carbocycles. The molecule has 3 rings (SSSR count). The molecule has 1 aromatic heterocycles. The molecule has 0 bridgehead atoms. The van der Waals surface area contributed by atoms with Crippen molar-refractivity contribution in [1.82, 2.24) is 0 Å². The van der Waals surface area contributed by atoms with Gasteiger partial charge in [0.15, 0.2) is 0 Å². The zero-order valence-electron chi connectivity index (χ0n) is 13.7. The number of furan rings is 1. The molecular formula is C20H14Cl3NO2. The Morgan fingerprint density at radius 1 is 1.00 bits per heavy atom. The minimum absolute atomic E-state index is 0.283. The van der Waals surface area contributed by atoms with Gasteiger partial charge in [-0.25, -0.2) is 0 Å². The van der Waals surface area contributed by atoms with Crippen molar-refractivity contribution >= 4 is 52.5 Å². The molecule has 132 valence electrons. The second-order valence-corrected chi connectivity index (χ2v) is 6.73. The number of benzene rings is 2. The summed E-state index contributed by atoms with van der Waals surface area (Å²) >= 11 is 18.3. The van der Waals surface area contributed by atoms with Gasteiger partial charge in [0, 0.05) is 22.3 Å². The monoisotopic (exact) mass is 405 g/mol. The summed E-state index contributed by atoms with van der Waals surface area (Å²) in [6.07, 6.45) is 2.97. The van der Waals surface area contributed by atoms with Crippen molar-refractivity contribution in [2.24, 2.45) is 0 Å². The van der Waals surface area contributed by atoms with Gasteiger partial charge in [-0.3, -0.25) is 4.79 Å². The third kappa shape index (κ3) is 4.13. The van der Waals surface area contributed by atoms with Gasteiger partial charge in [0.05, 0.1) is 10.0 Å². The van der Waals surface area contributed by atoms with Gasteiger partial charge in [-0.15, -0.1) is 0 Å². The molecule has 0 aliphatic carbocycles. The number of carbonyl (C=O) groups excluding carboxylic acids is 1. The Morgan fingerprint density at radius 3 is 2.54 bits per heavy atom. The lowest BCUT2D eigenvalue weighted by molar-refractivity contribution is -0.111. The SMILES string of the molecule is Cc1c(Cl)cccc1NC(=O)C=Cc1ccc(-c2cccc(Cl)c2Cl)o1. The van der Waals surface area contributed by atoms with Crippen LogP contribution in [0.4, 0.5) is 5.69 Å². The van der Waals surface area contributed by atoms with Crippen LogP contribution >= 0.6 is 34.8 Å². The standard InChI is InChI=1S/C20H14Cl3NO2/c1-12-15(21)5-3-7-17(12)24-19(25)11-9-13-8-10-18(26-13)14-4-2-6-16(22)20(14)23/h2-11H,1H3,(H,24,25). The molecule has 0 aliphatic heterocycles. The maximum Gasteiger partial charge on any atom is 0.248 e. The van der Waals surface area contributed by atoms with Gasteiger partial charge in [-0.1, -0.05) is 46.9 Å². The average molecular weight is 407 g/mol. The molecule has 6 heteroatoms. The molecule has 1 heterocycles. The van der Waals surface area contributed by atoms with Gasteiger partial charge in [-0.05, 0) is 55.0 Å². The van der Waals surface area contributed by atoms with Crippen LogP contribution in [-0.4, -0.2) is 5.91 Å². The number of hydrogen-bond donors (Lipinski definition) is 1. The van der Waals surface area contributed by atoms with E-state index < -0.39 is 0 Å². The summed E-state index contributed by atoms with van der Waals surface area (Å²) in [4.78, 5) is 12.1. The second kappa shape index (κ2) is 8.00. The summed E-state index contributed by atoms with van der Waals surface area (Å²) in [5.41, 5.74) is 2.17. The highest BCUT2D eigenvalue weighted by Gasteiger charge is 2.10.